The van der Waals surface area contributed by atoms with Crippen molar-refractivity contribution < 1.29 is 4.79 Å². The molecule has 0 radical (unpaired) electrons. The number of hydrogen-bond donors (Lipinski definition) is 1. The van der Waals surface area contributed by atoms with Gasteiger partial charge in [-0.2, -0.15) is 0 Å². The standard InChI is InChI=1S/C23H23N3OS2/c1-16(23-25-18-11-6-7-12-19(18)29-23)26(2)21(27)15-24-22(20-13-8-14-28-20)17-9-4-3-5-10-17/h3-14,16,22,24H,15H2,1-2H3/t16-,22-/m1/s1. The summed E-state index contributed by atoms with van der Waals surface area (Å²) >= 11 is 3.34. The minimum absolute atomic E-state index is 0.00584. The van der Waals surface area contributed by atoms with Gasteiger partial charge in [-0.25, -0.2) is 4.98 Å². The molecule has 148 valence electrons. The third-order valence-corrected chi connectivity index (χ3v) is 7.20. The lowest BCUT2D eigenvalue weighted by Gasteiger charge is -2.25. The predicted octanol–water partition coefficient (Wildman–Crippen LogP) is 5.26. The van der Waals surface area contributed by atoms with Gasteiger partial charge in [0.05, 0.1) is 28.8 Å². The predicted molar refractivity (Wildman–Crippen MR) is 121 cm³/mol. The van der Waals surface area contributed by atoms with E-state index in [4.69, 9.17) is 4.98 Å². The Balaban J connectivity index is 1.46. The fourth-order valence-corrected chi connectivity index (χ4v) is 5.14. The van der Waals surface area contributed by atoms with Crippen LogP contribution in [0.2, 0.25) is 0 Å². The molecule has 4 nitrogen and oxygen atoms in total. The molecule has 1 N–H and O–H groups in total. The second kappa shape index (κ2) is 8.86. The molecule has 0 aliphatic rings. The monoisotopic (exact) mass is 421 g/mol. The largest absolute Gasteiger partial charge is 0.335 e. The maximum atomic E-state index is 12.9. The van der Waals surface area contributed by atoms with E-state index in [1.165, 1.54) is 4.88 Å². The molecule has 0 spiro atoms. The maximum absolute atomic E-state index is 12.9. The number of aromatic nitrogens is 1. The van der Waals surface area contributed by atoms with Crippen LogP contribution in [0, 0.1) is 0 Å². The van der Waals surface area contributed by atoms with Crippen molar-refractivity contribution in [2.24, 2.45) is 0 Å². The summed E-state index contributed by atoms with van der Waals surface area (Å²) in [6.07, 6.45) is 0. The number of rotatable bonds is 7. The van der Waals surface area contributed by atoms with Crippen LogP contribution in [-0.2, 0) is 4.79 Å². The number of para-hydroxylation sites is 1. The van der Waals surface area contributed by atoms with Gasteiger partial charge in [0, 0.05) is 11.9 Å². The summed E-state index contributed by atoms with van der Waals surface area (Å²) in [6, 6.07) is 22.4. The van der Waals surface area contributed by atoms with Gasteiger partial charge >= 0.3 is 0 Å². The smallest absolute Gasteiger partial charge is 0.236 e. The summed E-state index contributed by atoms with van der Waals surface area (Å²) in [4.78, 5) is 20.6. The Morgan fingerprint density at radius 2 is 1.83 bits per heavy atom. The summed E-state index contributed by atoms with van der Waals surface area (Å²) in [5.74, 6) is 0.0502. The molecular weight excluding hydrogens is 398 g/mol. The van der Waals surface area contributed by atoms with Gasteiger partial charge in [0.25, 0.3) is 0 Å². The van der Waals surface area contributed by atoms with Gasteiger partial charge in [0.15, 0.2) is 0 Å². The first-order chi connectivity index (χ1) is 14.1. The van der Waals surface area contributed by atoms with E-state index >= 15 is 0 Å². The third-order valence-electron chi connectivity index (χ3n) is 5.06. The van der Waals surface area contributed by atoms with Gasteiger partial charge in [0.2, 0.25) is 5.91 Å². The van der Waals surface area contributed by atoms with Crippen LogP contribution in [0.5, 0.6) is 0 Å². The lowest BCUT2D eigenvalue weighted by atomic mass is 10.1. The number of likely N-dealkylation sites (N-methyl/N-ethyl adjacent to an activating group) is 1. The first-order valence-electron chi connectivity index (χ1n) is 9.56. The van der Waals surface area contributed by atoms with Crippen LogP contribution in [0.3, 0.4) is 0 Å². The van der Waals surface area contributed by atoms with E-state index in [-0.39, 0.29) is 24.5 Å². The van der Waals surface area contributed by atoms with Crippen molar-refractivity contribution in [3.8, 4) is 0 Å². The van der Waals surface area contributed by atoms with Gasteiger partial charge in [0.1, 0.15) is 5.01 Å². The summed E-state index contributed by atoms with van der Waals surface area (Å²) < 4.78 is 1.15. The molecule has 4 aromatic rings. The van der Waals surface area contributed by atoms with Crippen molar-refractivity contribution in [3.05, 3.63) is 87.6 Å². The Morgan fingerprint density at radius 3 is 2.55 bits per heavy atom. The Hall–Kier alpha value is -2.54. The molecule has 2 atom stereocenters. The molecule has 0 saturated carbocycles. The molecular formula is C23H23N3OS2. The second-order valence-corrected chi connectivity index (χ2v) is 8.98. The summed E-state index contributed by atoms with van der Waals surface area (Å²) in [5, 5.41) is 6.48. The molecule has 0 bridgehead atoms. The molecule has 29 heavy (non-hydrogen) atoms. The fraction of sp³-hybridized carbons (Fsp3) is 0.217. The highest BCUT2D eigenvalue weighted by atomic mass is 32.1. The van der Waals surface area contributed by atoms with Gasteiger partial charge in [-0.3, -0.25) is 10.1 Å². The van der Waals surface area contributed by atoms with Crippen LogP contribution >= 0.6 is 22.7 Å². The Bertz CT molecular complexity index is 1040. The highest BCUT2D eigenvalue weighted by Gasteiger charge is 2.22. The van der Waals surface area contributed by atoms with Gasteiger partial charge in [-0.1, -0.05) is 48.5 Å². The summed E-state index contributed by atoms with van der Waals surface area (Å²) in [6.45, 7) is 2.30. The van der Waals surface area contributed by atoms with Crippen molar-refractivity contribution in [2.45, 2.75) is 19.0 Å². The molecule has 6 heteroatoms. The number of thiophene rings is 1. The van der Waals surface area contributed by atoms with Gasteiger partial charge in [-0.15, -0.1) is 22.7 Å². The fourth-order valence-electron chi connectivity index (χ4n) is 3.25. The maximum Gasteiger partial charge on any atom is 0.236 e. The quantitative estimate of drug-likeness (QED) is 0.443. The van der Waals surface area contributed by atoms with Crippen LogP contribution in [0.15, 0.2) is 72.1 Å². The number of amides is 1. The third kappa shape index (κ3) is 4.40. The van der Waals surface area contributed by atoms with Gasteiger partial charge < -0.3 is 4.90 Å². The van der Waals surface area contributed by atoms with E-state index in [1.807, 2.05) is 56.4 Å². The molecule has 0 aliphatic heterocycles. The van der Waals surface area contributed by atoms with Crippen LogP contribution in [0.25, 0.3) is 10.2 Å². The highest BCUT2D eigenvalue weighted by Crippen LogP contribution is 2.29. The number of fused-ring (bicyclic) bond motifs is 1. The minimum atomic E-state index is -0.0707. The highest BCUT2D eigenvalue weighted by molar-refractivity contribution is 7.18. The van der Waals surface area contributed by atoms with E-state index in [1.54, 1.807) is 27.6 Å². The van der Waals surface area contributed by atoms with Crippen LogP contribution in [0.1, 0.15) is 34.5 Å². The minimum Gasteiger partial charge on any atom is -0.335 e. The molecule has 1 amide bonds. The van der Waals surface area contributed by atoms with Crippen molar-refractivity contribution in [1.29, 1.82) is 0 Å². The zero-order valence-electron chi connectivity index (χ0n) is 16.4. The normalized spacial score (nSPS) is 13.3. The van der Waals surface area contributed by atoms with Crippen molar-refractivity contribution in [2.75, 3.05) is 13.6 Å². The molecule has 0 fully saturated rings. The Labute approximate surface area is 178 Å². The number of carbonyl (C=O) groups excluding carboxylic acids is 1. The number of hydrogen-bond acceptors (Lipinski definition) is 5. The average molecular weight is 422 g/mol. The van der Waals surface area contributed by atoms with E-state index in [9.17, 15) is 4.79 Å². The first kappa shape index (κ1) is 19.8. The lowest BCUT2D eigenvalue weighted by molar-refractivity contribution is -0.130. The summed E-state index contributed by atoms with van der Waals surface area (Å²) in [7, 11) is 1.85. The number of nitrogens with one attached hydrogen (secondary N) is 1. The Kier molecular flexibility index (Phi) is 6.04. The molecule has 2 aromatic carbocycles. The van der Waals surface area contributed by atoms with Crippen molar-refractivity contribution in [1.82, 2.24) is 15.2 Å². The molecule has 4 rings (SSSR count). The first-order valence-corrected chi connectivity index (χ1v) is 11.3. The van der Waals surface area contributed by atoms with Crippen molar-refractivity contribution >= 4 is 38.8 Å². The summed E-state index contributed by atoms with van der Waals surface area (Å²) in [5.41, 5.74) is 2.14. The molecule has 2 heterocycles. The van der Waals surface area contributed by atoms with E-state index < -0.39 is 0 Å². The molecule has 0 aliphatic carbocycles. The van der Waals surface area contributed by atoms with E-state index in [2.05, 4.69) is 35.0 Å². The van der Waals surface area contributed by atoms with Crippen molar-refractivity contribution in [3.63, 3.8) is 0 Å². The van der Waals surface area contributed by atoms with Crippen LogP contribution in [0.4, 0.5) is 0 Å². The number of carbonyl (C=O) groups is 1. The zero-order valence-corrected chi connectivity index (χ0v) is 18.0. The van der Waals surface area contributed by atoms with Crippen LogP contribution < -0.4 is 5.32 Å². The number of thiazole rings is 1. The molecule has 0 unspecified atom stereocenters. The van der Waals surface area contributed by atoms with E-state index in [0.717, 1.165) is 20.8 Å². The SMILES string of the molecule is C[C@H](c1nc2ccccc2s1)N(C)C(=O)CN[C@H](c1ccccc1)c1cccs1. The molecule has 0 saturated heterocycles. The van der Waals surface area contributed by atoms with Gasteiger partial charge in [-0.05, 0) is 36.1 Å². The second-order valence-electron chi connectivity index (χ2n) is 6.94. The topological polar surface area (TPSA) is 45.2 Å². The molecule has 2 aromatic heterocycles. The van der Waals surface area contributed by atoms with Crippen LogP contribution in [-0.4, -0.2) is 29.4 Å². The number of benzene rings is 2. The van der Waals surface area contributed by atoms with E-state index in [0.29, 0.717) is 0 Å². The average Bonchev–Trinajstić information content (AvgIpc) is 3.43. The Morgan fingerprint density at radius 1 is 1.07 bits per heavy atom. The lowest BCUT2D eigenvalue weighted by Crippen LogP contribution is -2.38. The zero-order chi connectivity index (χ0) is 20.2. The number of nitrogens with zero attached hydrogens (tertiary/aromatic N) is 2.